The van der Waals surface area contributed by atoms with Gasteiger partial charge in [0.2, 0.25) is 11.9 Å². The maximum atomic E-state index is 11.9. The van der Waals surface area contributed by atoms with Gasteiger partial charge in [0, 0.05) is 18.3 Å². The molecule has 0 spiro atoms. The fourth-order valence-electron chi connectivity index (χ4n) is 2.07. The number of carbonyl (C=O) groups excluding carboxylic acids is 1. The van der Waals surface area contributed by atoms with E-state index in [2.05, 4.69) is 20.4 Å². The highest BCUT2D eigenvalue weighted by Gasteiger charge is 2.21. The van der Waals surface area contributed by atoms with Crippen molar-refractivity contribution < 1.29 is 9.72 Å². The number of rotatable bonds is 5. The molecule has 0 aliphatic heterocycles. The Labute approximate surface area is 126 Å². The van der Waals surface area contributed by atoms with E-state index >= 15 is 0 Å². The molecule has 0 bridgehead atoms. The topological polar surface area (TPSA) is 116 Å². The Balaban J connectivity index is 2.00. The molecule has 0 fully saturated rings. The van der Waals surface area contributed by atoms with Crippen molar-refractivity contribution in [3.05, 3.63) is 39.5 Å². The summed E-state index contributed by atoms with van der Waals surface area (Å²) in [5, 5.41) is 17.6. The molecule has 9 nitrogen and oxygen atoms in total. The summed E-state index contributed by atoms with van der Waals surface area (Å²) in [7, 11) is 0. The summed E-state index contributed by atoms with van der Waals surface area (Å²) in [6.45, 7) is 5.23. The van der Waals surface area contributed by atoms with E-state index in [4.69, 9.17) is 0 Å². The molecule has 0 saturated heterocycles. The predicted molar refractivity (Wildman–Crippen MR) is 78.4 cm³/mol. The van der Waals surface area contributed by atoms with Gasteiger partial charge in [-0.25, -0.2) is 9.97 Å². The van der Waals surface area contributed by atoms with Crippen LogP contribution in [0.3, 0.4) is 0 Å². The zero-order valence-electron chi connectivity index (χ0n) is 12.5. The Morgan fingerprint density at radius 2 is 2.14 bits per heavy atom. The Bertz CT molecular complexity index is 725. The molecule has 0 aromatic carbocycles. The minimum absolute atomic E-state index is 0.0116. The summed E-state index contributed by atoms with van der Waals surface area (Å²) in [6.07, 6.45) is 1.68. The third-order valence-electron chi connectivity index (χ3n) is 3.12. The van der Waals surface area contributed by atoms with Crippen molar-refractivity contribution in [3.8, 4) is 0 Å². The zero-order valence-corrected chi connectivity index (χ0v) is 12.5. The molecule has 0 radical (unpaired) electrons. The predicted octanol–water partition coefficient (Wildman–Crippen LogP) is 1.54. The minimum Gasteiger partial charge on any atom is -0.294 e. The van der Waals surface area contributed by atoms with Crippen molar-refractivity contribution in [3.63, 3.8) is 0 Å². The van der Waals surface area contributed by atoms with Crippen LogP contribution in [-0.2, 0) is 11.3 Å². The Kier molecular flexibility index (Phi) is 4.44. The van der Waals surface area contributed by atoms with Gasteiger partial charge < -0.3 is 0 Å². The Morgan fingerprint density at radius 3 is 2.73 bits per heavy atom. The molecule has 2 aromatic rings. The van der Waals surface area contributed by atoms with Crippen molar-refractivity contribution in [2.24, 2.45) is 0 Å². The van der Waals surface area contributed by atoms with Crippen molar-refractivity contribution in [2.45, 2.75) is 33.7 Å². The van der Waals surface area contributed by atoms with Crippen LogP contribution >= 0.6 is 0 Å². The number of nitro groups is 1. The number of amides is 1. The maximum Gasteiger partial charge on any atom is 0.312 e. The summed E-state index contributed by atoms with van der Waals surface area (Å²) >= 11 is 0. The summed E-state index contributed by atoms with van der Waals surface area (Å²) in [4.78, 5) is 30.3. The lowest BCUT2D eigenvalue weighted by Gasteiger charge is -2.05. The van der Waals surface area contributed by atoms with Gasteiger partial charge in [0.05, 0.1) is 11.5 Å². The van der Waals surface area contributed by atoms with E-state index in [1.54, 1.807) is 33.0 Å². The van der Waals surface area contributed by atoms with E-state index in [0.717, 1.165) is 5.69 Å². The van der Waals surface area contributed by atoms with E-state index in [0.29, 0.717) is 11.4 Å². The Hall–Kier alpha value is -2.84. The zero-order chi connectivity index (χ0) is 16.3. The molecule has 1 amide bonds. The fourth-order valence-corrected chi connectivity index (χ4v) is 2.07. The van der Waals surface area contributed by atoms with Gasteiger partial charge in [-0.1, -0.05) is 0 Å². The van der Waals surface area contributed by atoms with E-state index in [9.17, 15) is 14.9 Å². The number of aromatic nitrogens is 4. The monoisotopic (exact) mass is 304 g/mol. The molecule has 2 aromatic heterocycles. The van der Waals surface area contributed by atoms with Crippen molar-refractivity contribution >= 4 is 17.5 Å². The second-order valence-corrected chi connectivity index (χ2v) is 4.82. The fraction of sp³-hybridized carbons (Fsp3) is 0.385. The number of hydrogen-bond acceptors (Lipinski definition) is 6. The molecule has 0 unspecified atom stereocenters. The van der Waals surface area contributed by atoms with Crippen LogP contribution in [0.5, 0.6) is 0 Å². The highest BCUT2D eigenvalue weighted by atomic mass is 16.6. The molecule has 22 heavy (non-hydrogen) atoms. The van der Waals surface area contributed by atoms with E-state index < -0.39 is 4.92 Å². The van der Waals surface area contributed by atoms with Gasteiger partial charge in [-0.05, 0) is 26.8 Å². The molecule has 1 N–H and O–H groups in total. The average molecular weight is 304 g/mol. The summed E-state index contributed by atoms with van der Waals surface area (Å²) in [5.74, 6) is -0.0369. The van der Waals surface area contributed by atoms with Gasteiger partial charge in [0.25, 0.3) is 0 Å². The van der Waals surface area contributed by atoms with Crippen LogP contribution in [0.2, 0.25) is 0 Å². The first-order chi connectivity index (χ1) is 10.4. The van der Waals surface area contributed by atoms with Gasteiger partial charge in [-0.2, -0.15) is 5.10 Å². The van der Waals surface area contributed by atoms with Gasteiger partial charge in [-0.3, -0.25) is 24.9 Å². The number of hydrogen-bond donors (Lipinski definition) is 1. The van der Waals surface area contributed by atoms with Gasteiger partial charge in [0.1, 0.15) is 11.4 Å². The quantitative estimate of drug-likeness (QED) is 0.661. The first kappa shape index (κ1) is 15.5. The molecular formula is C13H16N6O3. The van der Waals surface area contributed by atoms with E-state index in [1.807, 2.05) is 0 Å². The smallest absolute Gasteiger partial charge is 0.294 e. The van der Waals surface area contributed by atoms with Crippen molar-refractivity contribution in [1.29, 1.82) is 0 Å². The first-order valence-electron chi connectivity index (χ1n) is 6.66. The number of nitrogens with one attached hydrogen (secondary N) is 1. The highest BCUT2D eigenvalue weighted by molar-refractivity contribution is 5.88. The van der Waals surface area contributed by atoms with Crippen LogP contribution in [0.4, 0.5) is 11.6 Å². The number of aryl methyl sites for hydroxylation is 3. The van der Waals surface area contributed by atoms with Crippen LogP contribution in [0.25, 0.3) is 0 Å². The molecular weight excluding hydrogens is 288 g/mol. The van der Waals surface area contributed by atoms with Crippen molar-refractivity contribution in [1.82, 2.24) is 19.7 Å². The minimum atomic E-state index is -0.463. The third-order valence-corrected chi connectivity index (χ3v) is 3.12. The van der Waals surface area contributed by atoms with Gasteiger partial charge in [-0.15, -0.1) is 0 Å². The first-order valence-corrected chi connectivity index (χ1v) is 6.66. The normalized spacial score (nSPS) is 10.5. The molecule has 0 atom stereocenters. The summed E-state index contributed by atoms with van der Waals surface area (Å²) in [6, 6.07) is 1.73. The van der Waals surface area contributed by atoms with Crippen LogP contribution in [0, 0.1) is 30.9 Å². The molecule has 0 aliphatic carbocycles. The lowest BCUT2D eigenvalue weighted by atomic mass is 10.3. The van der Waals surface area contributed by atoms with Crippen LogP contribution in [-0.4, -0.2) is 30.6 Å². The standard InChI is InChI=1S/C13H16N6O3/c1-8-4-6-14-13(15-8)16-11(20)5-7-18-10(3)12(19(21)22)9(2)17-18/h4,6H,5,7H2,1-3H3,(H,14,15,16,20). The second-order valence-electron chi connectivity index (χ2n) is 4.82. The maximum absolute atomic E-state index is 11.9. The number of anilines is 1. The van der Waals surface area contributed by atoms with Crippen molar-refractivity contribution in [2.75, 3.05) is 5.32 Å². The average Bonchev–Trinajstić information content (AvgIpc) is 2.71. The molecule has 2 heterocycles. The second kappa shape index (κ2) is 6.29. The van der Waals surface area contributed by atoms with E-state index in [-0.39, 0.29) is 30.5 Å². The molecule has 0 aliphatic rings. The summed E-state index contributed by atoms with van der Waals surface area (Å²) in [5.41, 5.74) is 1.51. The summed E-state index contributed by atoms with van der Waals surface area (Å²) < 4.78 is 1.46. The van der Waals surface area contributed by atoms with Crippen LogP contribution < -0.4 is 5.32 Å². The molecule has 0 saturated carbocycles. The SMILES string of the molecule is Cc1ccnc(NC(=O)CCn2nc(C)c([N+](=O)[O-])c2C)n1. The lowest BCUT2D eigenvalue weighted by Crippen LogP contribution is -2.17. The van der Waals surface area contributed by atoms with Crippen LogP contribution in [0.1, 0.15) is 23.5 Å². The number of carbonyl (C=O) groups is 1. The third kappa shape index (κ3) is 3.43. The van der Waals surface area contributed by atoms with Gasteiger partial charge >= 0.3 is 5.69 Å². The largest absolute Gasteiger partial charge is 0.312 e. The van der Waals surface area contributed by atoms with Crippen LogP contribution in [0.15, 0.2) is 12.3 Å². The van der Waals surface area contributed by atoms with E-state index in [1.165, 1.54) is 4.68 Å². The highest BCUT2D eigenvalue weighted by Crippen LogP contribution is 2.21. The molecule has 2 rings (SSSR count). The molecule has 9 heteroatoms. The lowest BCUT2D eigenvalue weighted by molar-refractivity contribution is -0.386. The Morgan fingerprint density at radius 1 is 1.41 bits per heavy atom. The number of nitrogens with zero attached hydrogens (tertiary/aromatic N) is 5. The van der Waals surface area contributed by atoms with Gasteiger partial charge in [0.15, 0.2) is 0 Å². The molecule has 116 valence electrons.